The molecule has 0 aliphatic carbocycles. The van der Waals surface area contributed by atoms with Gasteiger partial charge >= 0.3 is 11.9 Å². The molecule has 4 rings (SSSR count). The van der Waals surface area contributed by atoms with E-state index in [1.165, 1.54) is 30.0 Å². The summed E-state index contributed by atoms with van der Waals surface area (Å²) in [7, 11) is 0. The first-order chi connectivity index (χ1) is 16.0. The second-order valence-corrected chi connectivity index (χ2v) is 8.26. The number of anilines is 1. The van der Waals surface area contributed by atoms with Crippen LogP contribution in [-0.4, -0.2) is 38.4 Å². The molecule has 168 valence electrons. The van der Waals surface area contributed by atoms with Crippen molar-refractivity contribution in [2.45, 2.75) is 23.9 Å². The molecule has 2 heterocycles. The molecule has 0 amide bonds. The minimum absolute atomic E-state index is 0.0721. The topological polar surface area (TPSA) is 106 Å². The van der Waals surface area contributed by atoms with Crippen LogP contribution in [0.2, 0.25) is 0 Å². The van der Waals surface area contributed by atoms with Crippen LogP contribution < -0.4 is 5.32 Å². The number of carboxylic acid groups (broad SMARTS) is 1. The summed E-state index contributed by atoms with van der Waals surface area (Å²) in [4.78, 5) is 28.8. The number of benzene rings is 2. The summed E-state index contributed by atoms with van der Waals surface area (Å²) in [5.41, 5.74) is 2.96. The van der Waals surface area contributed by atoms with Crippen molar-refractivity contribution in [3.8, 4) is 0 Å². The number of fused-ring (bicyclic) bond motifs is 1. The van der Waals surface area contributed by atoms with E-state index in [1.807, 2.05) is 30.3 Å². The van der Waals surface area contributed by atoms with Crippen LogP contribution in [0.1, 0.15) is 34.5 Å². The van der Waals surface area contributed by atoms with Crippen LogP contribution in [-0.2, 0) is 15.3 Å². The van der Waals surface area contributed by atoms with Gasteiger partial charge in [0, 0.05) is 11.4 Å². The number of carboxylic acids is 1. The fourth-order valence-corrected chi connectivity index (χ4v) is 4.29. The quantitative estimate of drug-likeness (QED) is 0.290. The van der Waals surface area contributed by atoms with E-state index in [0.29, 0.717) is 33.7 Å². The molecule has 0 radical (unpaired) electrons. The van der Waals surface area contributed by atoms with E-state index in [2.05, 4.69) is 22.0 Å². The summed E-state index contributed by atoms with van der Waals surface area (Å²) in [5, 5.41) is 17.6. The van der Waals surface area contributed by atoms with Gasteiger partial charge in [-0.1, -0.05) is 66.9 Å². The van der Waals surface area contributed by atoms with E-state index in [0.717, 1.165) is 5.56 Å². The Labute approximate surface area is 195 Å². The number of allylic oxidation sites excluding steroid dienone is 1. The van der Waals surface area contributed by atoms with Crippen LogP contribution in [0, 0.1) is 0 Å². The molecule has 1 aliphatic rings. The lowest BCUT2D eigenvalue weighted by molar-refractivity contribution is -0.138. The summed E-state index contributed by atoms with van der Waals surface area (Å²) in [5.74, 6) is -0.337. The number of thioether (sulfide) groups is 1. The Kier molecular flexibility index (Phi) is 6.60. The summed E-state index contributed by atoms with van der Waals surface area (Å²) < 4.78 is 6.97. The molecule has 3 aromatic rings. The zero-order valence-corrected chi connectivity index (χ0v) is 18.7. The van der Waals surface area contributed by atoms with Crippen LogP contribution in [0.4, 0.5) is 5.95 Å². The largest absolute Gasteiger partial charge is 0.478 e. The van der Waals surface area contributed by atoms with Crippen LogP contribution in [0.3, 0.4) is 0 Å². The van der Waals surface area contributed by atoms with Gasteiger partial charge in [-0.25, -0.2) is 14.3 Å². The van der Waals surface area contributed by atoms with E-state index < -0.39 is 18.0 Å². The van der Waals surface area contributed by atoms with Crippen LogP contribution in [0.25, 0.3) is 0 Å². The van der Waals surface area contributed by atoms with E-state index in [4.69, 9.17) is 4.74 Å². The fraction of sp³-hybridized carbons (Fsp3) is 0.167. The summed E-state index contributed by atoms with van der Waals surface area (Å²) >= 11 is 1.49. The molecule has 0 spiro atoms. The standard InChI is InChI=1S/C24H22N4O4S/c1-3-13-32-22(31)19-15(2)25-23-26-24(33-14-16-7-5-4-6-8-16)27-28(23)20(19)17-9-11-18(12-10-17)21(29)30/h3-12,20H,1,13-14H2,2H3,(H,29,30)(H,25,26,27). The third-order valence-electron chi connectivity index (χ3n) is 5.07. The van der Waals surface area contributed by atoms with Crippen LogP contribution >= 0.6 is 11.8 Å². The van der Waals surface area contributed by atoms with Gasteiger partial charge in [0.2, 0.25) is 11.1 Å². The van der Waals surface area contributed by atoms with Gasteiger partial charge in [0.15, 0.2) is 0 Å². The van der Waals surface area contributed by atoms with Crippen molar-refractivity contribution in [1.29, 1.82) is 0 Å². The summed E-state index contributed by atoms with van der Waals surface area (Å²) in [6.07, 6.45) is 1.50. The predicted octanol–water partition coefficient (Wildman–Crippen LogP) is 4.29. The number of carbonyl (C=O) groups excluding carboxylic acids is 1. The molecule has 0 saturated carbocycles. The van der Waals surface area contributed by atoms with Crippen LogP contribution in [0.5, 0.6) is 0 Å². The number of aromatic nitrogens is 3. The van der Waals surface area contributed by atoms with Gasteiger partial charge in [0.25, 0.3) is 0 Å². The normalized spacial score (nSPS) is 14.9. The first-order valence-corrected chi connectivity index (χ1v) is 11.2. The third-order valence-corrected chi connectivity index (χ3v) is 5.98. The average Bonchev–Trinajstić information content (AvgIpc) is 3.23. The Morgan fingerprint density at radius 3 is 2.61 bits per heavy atom. The molecule has 8 nitrogen and oxygen atoms in total. The first kappa shape index (κ1) is 22.3. The monoisotopic (exact) mass is 462 g/mol. The Morgan fingerprint density at radius 2 is 1.94 bits per heavy atom. The van der Waals surface area contributed by atoms with Gasteiger partial charge in [-0.3, -0.25) is 0 Å². The Balaban J connectivity index is 1.70. The Hall–Kier alpha value is -3.85. The molecule has 0 saturated heterocycles. The van der Waals surface area contributed by atoms with Crippen molar-refractivity contribution in [3.05, 3.63) is 95.2 Å². The van der Waals surface area contributed by atoms with Crippen LogP contribution in [0.15, 0.2) is 83.7 Å². The highest BCUT2D eigenvalue weighted by Crippen LogP contribution is 2.37. The highest BCUT2D eigenvalue weighted by molar-refractivity contribution is 7.98. The van der Waals surface area contributed by atoms with Gasteiger partial charge in [-0.05, 0) is 30.2 Å². The zero-order chi connectivity index (χ0) is 23.4. The molecule has 2 N–H and O–H groups in total. The van der Waals surface area contributed by atoms with E-state index in [-0.39, 0.29) is 12.2 Å². The van der Waals surface area contributed by atoms with Crippen molar-refractivity contribution in [3.63, 3.8) is 0 Å². The molecule has 33 heavy (non-hydrogen) atoms. The molecule has 0 bridgehead atoms. The van der Waals surface area contributed by atoms with Crippen molar-refractivity contribution in [2.75, 3.05) is 11.9 Å². The van der Waals surface area contributed by atoms with E-state index in [9.17, 15) is 14.7 Å². The molecule has 1 atom stereocenters. The average molecular weight is 463 g/mol. The number of nitrogens with zero attached hydrogens (tertiary/aromatic N) is 3. The predicted molar refractivity (Wildman–Crippen MR) is 125 cm³/mol. The number of ether oxygens (including phenoxy) is 1. The number of nitrogens with one attached hydrogen (secondary N) is 1. The lowest BCUT2D eigenvalue weighted by Gasteiger charge is -2.28. The number of hydrogen-bond acceptors (Lipinski definition) is 7. The number of rotatable bonds is 8. The van der Waals surface area contributed by atoms with E-state index in [1.54, 1.807) is 23.7 Å². The van der Waals surface area contributed by atoms with Gasteiger partial charge < -0.3 is 15.2 Å². The minimum atomic E-state index is -1.02. The summed E-state index contributed by atoms with van der Waals surface area (Å²) in [6, 6.07) is 15.7. The minimum Gasteiger partial charge on any atom is -0.478 e. The van der Waals surface area contributed by atoms with Crippen molar-refractivity contribution in [2.24, 2.45) is 0 Å². The second-order valence-electron chi connectivity index (χ2n) is 7.32. The van der Waals surface area contributed by atoms with E-state index >= 15 is 0 Å². The van der Waals surface area contributed by atoms with Crippen molar-refractivity contribution < 1.29 is 19.4 Å². The van der Waals surface area contributed by atoms with Gasteiger partial charge in [0.1, 0.15) is 12.6 Å². The Morgan fingerprint density at radius 1 is 1.21 bits per heavy atom. The maximum absolute atomic E-state index is 12.9. The van der Waals surface area contributed by atoms with Gasteiger partial charge in [-0.2, -0.15) is 4.98 Å². The number of carbonyl (C=O) groups is 2. The van der Waals surface area contributed by atoms with Gasteiger partial charge in [0.05, 0.1) is 11.1 Å². The molecule has 1 aliphatic heterocycles. The first-order valence-electron chi connectivity index (χ1n) is 10.2. The molecular weight excluding hydrogens is 440 g/mol. The molecule has 1 aromatic heterocycles. The smallest absolute Gasteiger partial charge is 0.338 e. The molecule has 2 aromatic carbocycles. The molecule has 9 heteroatoms. The number of esters is 1. The van der Waals surface area contributed by atoms with Crippen molar-refractivity contribution in [1.82, 2.24) is 14.8 Å². The second kappa shape index (κ2) is 9.74. The van der Waals surface area contributed by atoms with Crippen molar-refractivity contribution >= 4 is 29.6 Å². The highest BCUT2D eigenvalue weighted by atomic mass is 32.2. The Bertz CT molecular complexity index is 1220. The molecule has 1 unspecified atom stereocenters. The molecule has 0 fully saturated rings. The maximum atomic E-state index is 12.9. The maximum Gasteiger partial charge on any atom is 0.338 e. The lowest BCUT2D eigenvalue weighted by Crippen LogP contribution is -2.29. The van der Waals surface area contributed by atoms with Gasteiger partial charge in [-0.15, -0.1) is 5.10 Å². The lowest BCUT2D eigenvalue weighted by atomic mass is 9.95. The highest BCUT2D eigenvalue weighted by Gasteiger charge is 2.35. The number of aromatic carboxylic acids is 1. The number of hydrogen-bond donors (Lipinski definition) is 2. The SMILES string of the molecule is C=CCOC(=O)C1=C(C)Nc2nc(SCc3ccccc3)nn2C1c1ccc(C(=O)O)cc1. The molecular formula is C24H22N4O4S. The third kappa shape index (κ3) is 4.83. The zero-order valence-electron chi connectivity index (χ0n) is 17.9. The fourth-order valence-electron chi connectivity index (χ4n) is 3.51. The summed E-state index contributed by atoms with van der Waals surface area (Å²) in [6.45, 7) is 5.44.